The molecule has 0 atom stereocenters. The third-order valence-electron chi connectivity index (χ3n) is 2.95. The lowest BCUT2D eigenvalue weighted by molar-refractivity contribution is 0.0757. The first kappa shape index (κ1) is 12.6. The Morgan fingerprint density at radius 3 is 2.67 bits per heavy atom. The molecular weight excluding hydrogens is 226 g/mol. The molecule has 0 radical (unpaired) electrons. The van der Waals surface area contributed by atoms with E-state index < -0.39 is 0 Å². The van der Waals surface area contributed by atoms with Crippen LogP contribution in [0, 0.1) is 0 Å². The van der Waals surface area contributed by atoms with Gasteiger partial charge in [0.15, 0.2) is 0 Å². The molecular formula is C14H19N3O. The number of fused-ring (bicyclic) bond motifs is 1. The largest absolute Gasteiger partial charge is 0.345 e. The normalized spacial score (nSPS) is 10.8. The van der Waals surface area contributed by atoms with Crippen LogP contribution < -0.4 is 0 Å². The quantitative estimate of drug-likeness (QED) is 0.880. The first-order valence-electron chi connectivity index (χ1n) is 6.49. The van der Waals surface area contributed by atoms with Crippen LogP contribution in [0.4, 0.5) is 0 Å². The third kappa shape index (κ3) is 2.37. The van der Waals surface area contributed by atoms with Gasteiger partial charge in [-0.2, -0.15) is 0 Å². The molecule has 1 N–H and O–H groups in total. The lowest BCUT2D eigenvalue weighted by Crippen LogP contribution is -2.32. The van der Waals surface area contributed by atoms with Crippen LogP contribution in [0.3, 0.4) is 0 Å². The van der Waals surface area contributed by atoms with Crippen LogP contribution in [0.2, 0.25) is 0 Å². The second-order valence-electron chi connectivity index (χ2n) is 4.40. The minimum Gasteiger partial charge on any atom is -0.345 e. The molecule has 0 bridgehead atoms. The fourth-order valence-electron chi connectivity index (χ4n) is 2.16. The topological polar surface area (TPSA) is 49.0 Å². The standard InChI is InChI=1S/C14H19N3O/c1-3-8-17(9-4-2)14(18)11-6-5-7-12-13(11)16-10-15-12/h5-7,10H,3-4,8-9H2,1-2H3,(H,15,16). The van der Waals surface area contributed by atoms with E-state index in [-0.39, 0.29) is 5.91 Å². The van der Waals surface area contributed by atoms with Crippen LogP contribution in [0.5, 0.6) is 0 Å². The lowest BCUT2D eigenvalue weighted by Gasteiger charge is -2.21. The highest BCUT2D eigenvalue weighted by atomic mass is 16.2. The zero-order valence-corrected chi connectivity index (χ0v) is 10.9. The Bertz CT molecular complexity index is 527. The average Bonchev–Trinajstić information content (AvgIpc) is 2.85. The van der Waals surface area contributed by atoms with E-state index in [1.54, 1.807) is 6.33 Å². The first-order chi connectivity index (χ1) is 8.77. The number of aromatic amines is 1. The van der Waals surface area contributed by atoms with Gasteiger partial charge in [-0.3, -0.25) is 4.79 Å². The van der Waals surface area contributed by atoms with E-state index in [1.165, 1.54) is 0 Å². The summed E-state index contributed by atoms with van der Waals surface area (Å²) in [7, 11) is 0. The summed E-state index contributed by atoms with van der Waals surface area (Å²) in [6.07, 6.45) is 3.58. The van der Waals surface area contributed by atoms with Gasteiger partial charge in [0.1, 0.15) is 5.52 Å². The molecule has 1 aromatic heterocycles. The second-order valence-corrected chi connectivity index (χ2v) is 4.40. The SMILES string of the molecule is CCCN(CCC)C(=O)c1cccc2[nH]cnc12. The van der Waals surface area contributed by atoms with Crippen molar-refractivity contribution in [1.82, 2.24) is 14.9 Å². The predicted octanol–water partition coefficient (Wildman–Crippen LogP) is 2.83. The smallest absolute Gasteiger partial charge is 0.256 e. The first-order valence-corrected chi connectivity index (χ1v) is 6.49. The number of rotatable bonds is 5. The molecule has 0 unspecified atom stereocenters. The van der Waals surface area contributed by atoms with Crippen LogP contribution in [0.15, 0.2) is 24.5 Å². The molecule has 1 heterocycles. The lowest BCUT2D eigenvalue weighted by atomic mass is 10.1. The fourth-order valence-corrected chi connectivity index (χ4v) is 2.16. The molecule has 4 nitrogen and oxygen atoms in total. The van der Waals surface area contributed by atoms with Gasteiger partial charge >= 0.3 is 0 Å². The maximum Gasteiger partial charge on any atom is 0.256 e. The molecule has 0 saturated carbocycles. The molecule has 0 aliphatic carbocycles. The maximum atomic E-state index is 12.5. The van der Waals surface area contributed by atoms with Crippen molar-refractivity contribution >= 4 is 16.9 Å². The van der Waals surface area contributed by atoms with Crippen molar-refractivity contribution in [2.45, 2.75) is 26.7 Å². The summed E-state index contributed by atoms with van der Waals surface area (Å²) in [6.45, 7) is 5.77. The number of carbonyl (C=O) groups excluding carboxylic acids is 1. The molecule has 1 amide bonds. The van der Waals surface area contributed by atoms with Gasteiger partial charge in [-0.05, 0) is 25.0 Å². The van der Waals surface area contributed by atoms with E-state index in [0.717, 1.165) is 37.0 Å². The van der Waals surface area contributed by atoms with E-state index in [0.29, 0.717) is 5.56 Å². The molecule has 4 heteroatoms. The molecule has 0 fully saturated rings. The number of nitrogens with zero attached hydrogens (tertiary/aromatic N) is 2. The number of nitrogens with one attached hydrogen (secondary N) is 1. The number of H-pyrrole nitrogens is 1. The highest BCUT2D eigenvalue weighted by Crippen LogP contribution is 2.17. The Morgan fingerprint density at radius 1 is 1.28 bits per heavy atom. The minimum absolute atomic E-state index is 0.0800. The van der Waals surface area contributed by atoms with Crippen molar-refractivity contribution in [3.8, 4) is 0 Å². The predicted molar refractivity (Wildman–Crippen MR) is 72.6 cm³/mol. The fraction of sp³-hybridized carbons (Fsp3) is 0.429. The molecule has 96 valence electrons. The summed E-state index contributed by atoms with van der Waals surface area (Å²) in [5.74, 6) is 0.0800. The summed E-state index contributed by atoms with van der Waals surface area (Å²) in [4.78, 5) is 21.7. The van der Waals surface area contributed by atoms with Crippen LogP contribution in [-0.4, -0.2) is 33.9 Å². The van der Waals surface area contributed by atoms with Gasteiger partial charge in [-0.25, -0.2) is 4.98 Å². The van der Waals surface area contributed by atoms with Gasteiger partial charge < -0.3 is 9.88 Å². The molecule has 1 aromatic carbocycles. The Labute approximate surface area is 107 Å². The summed E-state index contributed by atoms with van der Waals surface area (Å²) >= 11 is 0. The van der Waals surface area contributed by atoms with Crippen molar-refractivity contribution in [3.05, 3.63) is 30.1 Å². The van der Waals surface area contributed by atoms with Crippen LogP contribution in [-0.2, 0) is 0 Å². The highest BCUT2D eigenvalue weighted by Gasteiger charge is 2.17. The Hall–Kier alpha value is -1.84. The molecule has 2 rings (SSSR count). The van der Waals surface area contributed by atoms with Crippen molar-refractivity contribution in [2.75, 3.05) is 13.1 Å². The van der Waals surface area contributed by atoms with Crippen molar-refractivity contribution in [3.63, 3.8) is 0 Å². The van der Waals surface area contributed by atoms with Gasteiger partial charge in [-0.15, -0.1) is 0 Å². The van der Waals surface area contributed by atoms with Crippen LogP contribution >= 0.6 is 0 Å². The molecule has 0 aliphatic rings. The highest BCUT2D eigenvalue weighted by molar-refractivity contribution is 6.04. The number of amides is 1. The van der Waals surface area contributed by atoms with Crippen LogP contribution in [0.25, 0.3) is 11.0 Å². The van der Waals surface area contributed by atoms with Crippen molar-refractivity contribution < 1.29 is 4.79 Å². The molecule has 0 aliphatic heterocycles. The van der Waals surface area contributed by atoms with Crippen LogP contribution in [0.1, 0.15) is 37.0 Å². The van der Waals surface area contributed by atoms with Gasteiger partial charge in [0.05, 0.1) is 17.4 Å². The molecule has 0 spiro atoms. The molecule has 0 saturated heterocycles. The third-order valence-corrected chi connectivity index (χ3v) is 2.95. The summed E-state index contributed by atoms with van der Waals surface area (Å²) in [5, 5.41) is 0. The zero-order chi connectivity index (χ0) is 13.0. The summed E-state index contributed by atoms with van der Waals surface area (Å²) < 4.78 is 0. The van der Waals surface area contributed by atoms with Gasteiger partial charge in [0.25, 0.3) is 5.91 Å². The number of benzene rings is 1. The molecule has 2 aromatic rings. The number of para-hydroxylation sites is 1. The van der Waals surface area contributed by atoms with E-state index in [9.17, 15) is 4.79 Å². The average molecular weight is 245 g/mol. The second kappa shape index (κ2) is 5.67. The Balaban J connectivity index is 2.34. The number of imidazole rings is 1. The van der Waals surface area contributed by atoms with Gasteiger partial charge in [0.2, 0.25) is 0 Å². The summed E-state index contributed by atoms with van der Waals surface area (Å²) in [6, 6.07) is 5.68. The van der Waals surface area contributed by atoms with Gasteiger partial charge in [0, 0.05) is 13.1 Å². The molecule has 18 heavy (non-hydrogen) atoms. The number of hydrogen-bond donors (Lipinski definition) is 1. The Morgan fingerprint density at radius 2 is 2.00 bits per heavy atom. The summed E-state index contributed by atoms with van der Waals surface area (Å²) in [5.41, 5.74) is 2.36. The van der Waals surface area contributed by atoms with Crippen molar-refractivity contribution in [2.24, 2.45) is 0 Å². The van der Waals surface area contributed by atoms with E-state index >= 15 is 0 Å². The monoisotopic (exact) mass is 245 g/mol. The minimum atomic E-state index is 0.0800. The van der Waals surface area contributed by atoms with E-state index in [4.69, 9.17) is 0 Å². The number of carbonyl (C=O) groups is 1. The van der Waals surface area contributed by atoms with Crippen molar-refractivity contribution in [1.29, 1.82) is 0 Å². The maximum absolute atomic E-state index is 12.5. The number of aromatic nitrogens is 2. The number of hydrogen-bond acceptors (Lipinski definition) is 2. The van der Waals surface area contributed by atoms with Gasteiger partial charge in [-0.1, -0.05) is 19.9 Å². The van der Waals surface area contributed by atoms with E-state index in [1.807, 2.05) is 23.1 Å². The van der Waals surface area contributed by atoms with E-state index in [2.05, 4.69) is 23.8 Å². The Kier molecular flexibility index (Phi) is 3.97. The zero-order valence-electron chi connectivity index (χ0n) is 10.9.